The molecule has 0 fully saturated rings. The largest absolute Gasteiger partial charge is 0.444 e. The normalized spacial score (nSPS) is 11.8. The highest BCUT2D eigenvalue weighted by Crippen LogP contribution is 2.06. The van der Waals surface area contributed by atoms with Gasteiger partial charge in [0, 0.05) is 19.6 Å². The van der Waals surface area contributed by atoms with Crippen LogP contribution in [0.4, 0.5) is 4.79 Å². The van der Waals surface area contributed by atoms with Crippen molar-refractivity contribution in [2.24, 2.45) is 10.7 Å². The maximum absolute atomic E-state index is 11.3. The quantitative estimate of drug-likeness (QED) is 0.286. The molecule has 0 bridgehead atoms. The van der Waals surface area contributed by atoms with E-state index in [-0.39, 0.29) is 0 Å². The van der Waals surface area contributed by atoms with Crippen molar-refractivity contribution in [2.75, 3.05) is 19.6 Å². The van der Waals surface area contributed by atoms with Crippen molar-refractivity contribution in [3.05, 3.63) is 12.7 Å². The summed E-state index contributed by atoms with van der Waals surface area (Å²) in [5.41, 5.74) is 5.09. The van der Waals surface area contributed by atoms with Gasteiger partial charge in [-0.1, -0.05) is 6.08 Å². The summed E-state index contributed by atoms with van der Waals surface area (Å²) < 4.78 is 5.08. The van der Waals surface area contributed by atoms with E-state index in [4.69, 9.17) is 10.5 Å². The Hall–Kier alpha value is -1.72. The van der Waals surface area contributed by atoms with Gasteiger partial charge in [0.05, 0.1) is 0 Å². The molecule has 0 radical (unpaired) electrons. The Labute approximate surface area is 109 Å². The average molecular weight is 256 g/mol. The number of rotatable bonds is 6. The van der Waals surface area contributed by atoms with Crippen molar-refractivity contribution in [1.82, 2.24) is 10.6 Å². The molecule has 6 nitrogen and oxygen atoms in total. The molecule has 0 aromatic heterocycles. The minimum Gasteiger partial charge on any atom is -0.444 e. The molecule has 6 heteroatoms. The van der Waals surface area contributed by atoms with Crippen LogP contribution in [0.25, 0.3) is 0 Å². The maximum Gasteiger partial charge on any atom is 0.407 e. The van der Waals surface area contributed by atoms with Crippen LogP contribution in [0.3, 0.4) is 0 Å². The summed E-state index contributed by atoms with van der Waals surface area (Å²) in [6.07, 6.45) is 1.99. The van der Waals surface area contributed by atoms with Crippen molar-refractivity contribution in [1.29, 1.82) is 0 Å². The van der Waals surface area contributed by atoms with Crippen LogP contribution in [-0.2, 0) is 4.74 Å². The van der Waals surface area contributed by atoms with Crippen LogP contribution in [0.5, 0.6) is 0 Å². The van der Waals surface area contributed by atoms with E-state index < -0.39 is 11.7 Å². The van der Waals surface area contributed by atoms with Gasteiger partial charge in [0.25, 0.3) is 0 Å². The van der Waals surface area contributed by atoms with Crippen molar-refractivity contribution in [2.45, 2.75) is 32.8 Å². The third-order valence-electron chi connectivity index (χ3n) is 1.71. The number of hydrogen-bond donors (Lipinski definition) is 3. The fourth-order valence-electron chi connectivity index (χ4n) is 1.02. The Balaban J connectivity index is 3.62. The first-order chi connectivity index (χ1) is 8.35. The summed E-state index contributed by atoms with van der Waals surface area (Å²) in [5.74, 6) is 0.382. The molecule has 104 valence electrons. The Morgan fingerprint density at radius 3 is 2.67 bits per heavy atom. The average Bonchev–Trinajstić information content (AvgIpc) is 2.23. The fourth-order valence-corrected chi connectivity index (χ4v) is 1.02. The fraction of sp³-hybridized carbons (Fsp3) is 0.667. The zero-order valence-corrected chi connectivity index (χ0v) is 11.5. The van der Waals surface area contributed by atoms with Gasteiger partial charge in [-0.15, -0.1) is 6.58 Å². The Kier molecular flexibility index (Phi) is 7.58. The zero-order valence-electron chi connectivity index (χ0n) is 11.5. The molecule has 0 aliphatic rings. The molecule has 0 aromatic rings. The smallest absolute Gasteiger partial charge is 0.407 e. The van der Waals surface area contributed by atoms with Crippen LogP contribution >= 0.6 is 0 Å². The van der Waals surface area contributed by atoms with Gasteiger partial charge in [-0.2, -0.15) is 0 Å². The van der Waals surface area contributed by atoms with Gasteiger partial charge in [0.15, 0.2) is 5.96 Å². The first-order valence-electron chi connectivity index (χ1n) is 5.96. The highest BCUT2D eigenvalue weighted by atomic mass is 16.6. The van der Waals surface area contributed by atoms with Crippen LogP contribution in [0.15, 0.2) is 17.6 Å². The molecule has 4 N–H and O–H groups in total. The lowest BCUT2D eigenvalue weighted by molar-refractivity contribution is 0.0527. The highest BCUT2D eigenvalue weighted by Gasteiger charge is 2.15. The molecule has 0 aliphatic heterocycles. The summed E-state index contributed by atoms with van der Waals surface area (Å²) in [6.45, 7) is 10.7. The third-order valence-corrected chi connectivity index (χ3v) is 1.71. The van der Waals surface area contributed by atoms with Gasteiger partial charge in [-0.05, 0) is 27.2 Å². The minimum atomic E-state index is -0.471. The summed E-state index contributed by atoms with van der Waals surface area (Å²) in [7, 11) is 0. The van der Waals surface area contributed by atoms with E-state index in [2.05, 4.69) is 22.2 Å². The van der Waals surface area contributed by atoms with E-state index in [1.54, 1.807) is 6.08 Å². The molecule has 0 aromatic carbocycles. The molecule has 0 unspecified atom stereocenters. The number of nitrogens with zero attached hydrogens (tertiary/aromatic N) is 1. The van der Waals surface area contributed by atoms with E-state index in [1.165, 1.54) is 0 Å². The number of ether oxygens (including phenoxy) is 1. The maximum atomic E-state index is 11.3. The van der Waals surface area contributed by atoms with Crippen molar-refractivity contribution in [3.63, 3.8) is 0 Å². The van der Waals surface area contributed by atoms with Gasteiger partial charge in [0.2, 0.25) is 0 Å². The van der Waals surface area contributed by atoms with Gasteiger partial charge < -0.3 is 21.1 Å². The summed E-state index contributed by atoms with van der Waals surface area (Å²) in [6, 6.07) is 0. The predicted molar refractivity (Wildman–Crippen MR) is 73.5 cm³/mol. The molecule has 18 heavy (non-hydrogen) atoms. The zero-order chi connectivity index (χ0) is 14.0. The first-order valence-corrected chi connectivity index (χ1v) is 5.96. The highest BCUT2D eigenvalue weighted by molar-refractivity contribution is 5.77. The second-order valence-electron chi connectivity index (χ2n) is 4.72. The topological polar surface area (TPSA) is 88.7 Å². The van der Waals surface area contributed by atoms with Crippen LogP contribution in [0, 0.1) is 0 Å². The number of carbonyl (C=O) groups excluding carboxylic acids is 1. The van der Waals surface area contributed by atoms with Gasteiger partial charge in [-0.3, -0.25) is 4.99 Å². The molecular weight excluding hydrogens is 232 g/mol. The lowest BCUT2D eigenvalue weighted by Crippen LogP contribution is -2.33. The van der Waals surface area contributed by atoms with E-state index in [9.17, 15) is 4.79 Å². The second kappa shape index (κ2) is 8.38. The lowest BCUT2D eigenvalue weighted by Gasteiger charge is -2.19. The molecular formula is C12H24N4O2. The van der Waals surface area contributed by atoms with E-state index in [1.807, 2.05) is 20.8 Å². The van der Waals surface area contributed by atoms with Gasteiger partial charge in [-0.25, -0.2) is 4.79 Å². The Bertz CT molecular complexity index is 295. The van der Waals surface area contributed by atoms with Gasteiger partial charge in [0.1, 0.15) is 5.60 Å². The molecule has 0 atom stereocenters. The minimum absolute atomic E-state index is 0.382. The summed E-state index contributed by atoms with van der Waals surface area (Å²) in [5, 5.41) is 5.51. The molecule has 0 saturated heterocycles. The number of hydrogen-bond acceptors (Lipinski definition) is 3. The molecule has 0 spiro atoms. The van der Waals surface area contributed by atoms with Crippen LogP contribution in [0.1, 0.15) is 27.2 Å². The summed E-state index contributed by atoms with van der Waals surface area (Å²) >= 11 is 0. The second-order valence-corrected chi connectivity index (χ2v) is 4.72. The van der Waals surface area contributed by atoms with E-state index in [0.29, 0.717) is 32.0 Å². The van der Waals surface area contributed by atoms with Crippen molar-refractivity contribution < 1.29 is 9.53 Å². The number of guanidine groups is 1. The standard InChI is InChI=1S/C12H24N4O2/c1-5-7-14-10(13)15-8-6-9-16-11(17)18-12(2,3)4/h5H,1,6-9H2,2-4H3,(H,16,17)(H3,13,14,15). The first kappa shape index (κ1) is 16.3. The number of nitrogens with two attached hydrogens (primary N) is 1. The summed E-state index contributed by atoms with van der Waals surface area (Å²) in [4.78, 5) is 15.4. The molecule has 0 saturated carbocycles. The predicted octanol–water partition coefficient (Wildman–Crippen LogP) is 0.991. The lowest BCUT2D eigenvalue weighted by atomic mass is 10.2. The van der Waals surface area contributed by atoms with Crippen LogP contribution in [0.2, 0.25) is 0 Å². The SMILES string of the molecule is C=CCNC(N)=NCCCNC(=O)OC(C)(C)C. The number of nitrogens with one attached hydrogen (secondary N) is 2. The Morgan fingerprint density at radius 1 is 1.44 bits per heavy atom. The molecule has 0 aliphatic carbocycles. The van der Waals surface area contributed by atoms with E-state index >= 15 is 0 Å². The number of carbonyl (C=O) groups is 1. The van der Waals surface area contributed by atoms with E-state index in [0.717, 1.165) is 0 Å². The third kappa shape index (κ3) is 10.8. The monoisotopic (exact) mass is 256 g/mol. The number of aliphatic imine (C=N–C) groups is 1. The number of amides is 1. The van der Waals surface area contributed by atoms with Crippen molar-refractivity contribution >= 4 is 12.1 Å². The Morgan fingerprint density at radius 2 is 2.11 bits per heavy atom. The van der Waals surface area contributed by atoms with Gasteiger partial charge >= 0.3 is 6.09 Å². The van der Waals surface area contributed by atoms with Crippen LogP contribution < -0.4 is 16.4 Å². The molecule has 0 rings (SSSR count). The molecule has 1 amide bonds. The number of alkyl carbamates (subject to hydrolysis) is 1. The van der Waals surface area contributed by atoms with Crippen LogP contribution in [-0.4, -0.2) is 37.3 Å². The molecule has 0 heterocycles. The van der Waals surface area contributed by atoms with Crippen molar-refractivity contribution in [3.8, 4) is 0 Å².